The van der Waals surface area contributed by atoms with Gasteiger partial charge in [-0.15, -0.1) is 0 Å². The lowest BCUT2D eigenvalue weighted by molar-refractivity contribution is 0.200. The summed E-state index contributed by atoms with van der Waals surface area (Å²) in [6, 6.07) is 12.0. The Morgan fingerprint density at radius 3 is 2.65 bits per heavy atom. The van der Waals surface area contributed by atoms with E-state index in [2.05, 4.69) is 16.0 Å². The lowest BCUT2D eigenvalue weighted by atomic mass is 10.1. The summed E-state index contributed by atoms with van der Waals surface area (Å²) in [6.07, 6.45) is 1.57. The van der Waals surface area contributed by atoms with Crippen molar-refractivity contribution in [2.75, 3.05) is 5.32 Å². The van der Waals surface area contributed by atoms with Crippen molar-refractivity contribution in [3.05, 3.63) is 53.9 Å². The third-order valence-electron chi connectivity index (χ3n) is 2.92. The Morgan fingerprint density at radius 1 is 1.24 bits per heavy atom. The van der Waals surface area contributed by atoms with E-state index in [0.29, 0.717) is 0 Å². The maximum atomic E-state index is 9.67. The standard InChI is InChI=1S/C14H18N2O/c1-11(17)13-7-3-4-8-14(13)15-10-12-6-5-9-16(12)2/h3-9,11,15,17H,10H2,1-2H3. The van der Waals surface area contributed by atoms with Crippen LogP contribution in [0.25, 0.3) is 0 Å². The number of hydrogen-bond acceptors (Lipinski definition) is 2. The average molecular weight is 230 g/mol. The molecule has 0 bridgehead atoms. The molecule has 2 N–H and O–H groups in total. The van der Waals surface area contributed by atoms with E-state index in [4.69, 9.17) is 0 Å². The molecule has 1 aromatic carbocycles. The van der Waals surface area contributed by atoms with Gasteiger partial charge in [0.05, 0.1) is 12.6 Å². The van der Waals surface area contributed by atoms with Gasteiger partial charge in [0.1, 0.15) is 0 Å². The predicted octanol–water partition coefficient (Wildman–Crippen LogP) is 2.69. The summed E-state index contributed by atoms with van der Waals surface area (Å²) in [5.74, 6) is 0. The van der Waals surface area contributed by atoms with Crippen molar-refractivity contribution in [2.45, 2.75) is 19.6 Å². The Bertz CT molecular complexity index is 488. The number of aryl methyl sites for hydroxylation is 1. The second-order valence-electron chi connectivity index (χ2n) is 4.23. The number of anilines is 1. The minimum Gasteiger partial charge on any atom is -0.389 e. The van der Waals surface area contributed by atoms with Gasteiger partial charge in [-0.1, -0.05) is 18.2 Å². The van der Waals surface area contributed by atoms with Gasteiger partial charge in [0.2, 0.25) is 0 Å². The molecule has 0 saturated carbocycles. The predicted molar refractivity (Wildman–Crippen MR) is 69.8 cm³/mol. The highest BCUT2D eigenvalue weighted by Crippen LogP contribution is 2.22. The first kappa shape index (κ1) is 11.7. The number of hydrogen-bond donors (Lipinski definition) is 2. The average Bonchev–Trinajstić information content (AvgIpc) is 2.72. The van der Waals surface area contributed by atoms with Crippen LogP contribution in [0.4, 0.5) is 5.69 Å². The zero-order valence-electron chi connectivity index (χ0n) is 10.2. The third-order valence-corrected chi connectivity index (χ3v) is 2.92. The monoisotopic (exact) mass is 230 g/mol. The minimum atomic E-state index is -0.452. The van der Waals surface area contributed by atoms with Crippen molar-refractivity contribution < 1.29 is 5.11 Å². The molecule has 1 aromatic heterocycles. The van der Waals surface area contributed by atoms with Crippen LogP contribution in [-0.4, -0.2) is 9.67 Å². The molecule has 1 heterocycles. The van der Waals surface area contributed by atoms with Gasteiger partial charge < -0.3 is 15.0 Å². The Labute approximate surface area is 102 Å². The van der Waals surface area contributed by atoms with Crippen molar-refractivity contribution in [1.29, 1.82) is 0 Å². The van der Waals surface area contributed by atoms with Gasteiger partial charge in [0, 0.05) is 30.2 Å². The van der Waals surface area contributed by atoms with Crippen molar-refractivity contribution in [2.24, 2.45) is 7.05 Å². The second kappa shape index (κ2) is 5.06. The zero-order chi connectivity index (χ0) is 12.3. The van der Waals surface area contributed by atoms with Gasteiger partial charge in [0.25, 0.3) is 0 Å². The number of nitrogens with one attached hydrogen (secondary N) is 1. The number of aliphatic hydroxyl groups excluding tert-OH is 1. The summed E-state index contributed by atoms with van der Waals surface area (Å²) in [5.41, 5.74) is 3.14. The van der Waals surface area contributed by atoms with Crippen molar-refractivity contribution in [3.8, 4) is 0 Å². The second-order valence-corrected chi connectivity index (χ2v) is 4.23. The molecule has 0 fully saturated rings. The van der Waals surface area contributed by atoms with Crippen LogP contribution in [-0.2, 0) is 13.6 Å². The summed E-state index contributed by atoms with van der Waals surface area (Å²) in [4.78, 5) is 0. The molecule has 2 aromatic rings. The van der Waals surface area contributed by atoms with Crippen molar-refractivity contribution >= 4 is 5.69 Å². The summed E-state index contributed by atoms with van der Waals surface area (Å²) < 4.78 is 2.08. The fourth-order valence-electron chi connectivity index (χ4n) is 1.89. The number of nitrogens with zero attached hydrogens (tertiary/aromatic N) is 1. The Hall–Kier alpha value is -1.74. The van der Waals surface area contributed by atoms with Gasteiger partial charge in [-0.05, 0) is 25.1 Å². The molecule has 1 atom stereocenters. The SMILES string of the molecule is CC(O)c1ccccc1NCc1cccn1C. The molecule has 0 aliphatic rings. The Morgan fingerprint density at radius 2 is 2.00 bits per heavy atom. The van der Waals surface area contributed by atoms with E-state index in [1.807, 2.05) is 43.6 Å². The van der Waals surface area contributed by atoms with Crippen LogP contribution in [0.5, 0.6) is 0 Å². The smallest absolute Gasteiger partial charge is 0.0781 e. The van der Waals surface area contributed by atoms with Crippen molar-refractivity contribution in [3.63, 3.8) is 0 Å². The molecule has 0 saturated heterocycles. The van der Waals surface area contributed by atoms with E-state index in [0.717, 1.165) is 17.8 Å². The van der Waals surface area contributed by atoms with Gasteiger partial charge >= 0.3 is 0 Å². The molecule has 3 heteroatoms. The fourth-order valence-corrected chi connectivity index (χ4v) is 1.89. The molecular weight excluding hydrogens is 212 g/mol. The normalized spacial score (nSPS) is 12.4. The molecule has 0 spiro atoms. The molecule has 0 aliphatic carbocycles. The summed E-state index contributed by atoms with van der Waals surface area (Å²) >= 11 is 0. The Kier molecular flexibility index (Phi) is 3.49. The fraction of sp³-hybridized carbons (Fsp3) is 0.286. The molecule has 0 aliphatic heterocycles. The number of benzene rings is 1. The van der Waals surface area contributed by atoms with E-state index < -0.39 is 6.10 Å². The third kappa shape index (κ3) is 2.68. The number of rotatable bonds is 4. The highest BCUT2D eigenvalue weighted by molar-refractivity contribution is 5.52. The summed E-state index contributed by atoms with van der Waals surface area (Å²) in [6.45, 7) is 2.54. The highest BCUT2D eigenvalue weighted by atomic mass is 16.3. The number of aromatic nitrogens is 1. The van der Waals surface area contributed by atoms with E-state index in [1.54, 1.807) is 6.92 Å². The van der Waals surface area contributed by atoms with Gasteiger partial charge in [-0.25, -0.2) is 0 Å². The van der Waals surface area contributed by atoms with Crippen LogP contribution in [0.2, 0.25) is 0 Å². The summed E-state index contributed by atoms with van der Waals surface area (Å²) in [5, 5.41) is 13.0. The molecule has 3 nitrogen and oxygen atoms in total. The molecule has 17 heavy (non-hydrogen) atoms. The molecule has 0 radical (unpaired) electrons. The molecule has 1 unspecified atom stereocenters. The van der Waals surface area contributed by atoms with Crippen LogP contribution < -0.4 is 5.32 Å². The quantitative estimate of drug-likeness (QED) is 0.847. The first-order valence-electron chi connectivity index (χ1n) is 5.79. The van der Waals surface area contributed by atoms with Gasteiger partial charge in [0.15, 0.2) is 0 Å². The van der Waals surface area contributed by atoms with E-state index in [-0.39, 0.29) is 0 Å². The maximum absolute atomic E-state index is 9.67. The lowest BCUT2D eigenvalue weighted by Gasteiger charge is -2.14. The molecule has 2 rings (SSSR count). The van der Waals surface area contributed by atoms with Crippen LogP contribution >= 0.6 is 0 Å². The minimum absolute atomic E-state index is 0.452. The largest absolute Gasteiger partial charge is 0.389 e. The molecule has 90 valence electrons. The number of para-hydroxylation sites is 1. The zero-order valence-corrected chi connectivity index (χ0v) is 10.2. The van der Waals surface area contributed by atoms with E-state index in [1.165, 1.54) is 5.69 Å². The topological polar surface area (TPSA) is 37.2 Å². The first-order chi connectivity index (χ1) is 8.18. The van der Waals surface area contributed by atoms with Gasteiger partial charge in [-0.2, -0.15) is 0 Å². The Balaban J connectivity index is 2.11. The van der Waals surface area contributed by atoms with Crippen LogP contribution in [0.15, 0.2) is 42.6 Å². The number of aliphatic hydroxyl groups is 1. The van der Waals surface area contributed by atoms with Crippen LogP contribution in [0, 0.1) is 0 Å². The molecular formula is C14H18N2O. The van der Waals surface area contributed by atoms with Crippen LogP contribution in [0.1, 0.15) is 24.3 Å². The van der Waals surface area contributed by atoms with E-state index in [9.17, 15) is 5.11 Å². The van der Waals surface area contributed by atoms with Gasteiger partial charge in [-0.3, -0.25) is 0 Å². The summed E-state index contributed by atoms with van der Waals surface area (Å²) in [7, 11) is 2.03. The molecule has 0 amide bonds. The van der Waals surface area contributed by atoms with Crippen molar-refractivity contribution in [1.82, 2.24) is 4.57 Å². The van der Waals surface area contributed by atoms with Crippen LogP contribution in [0.3, 0.4) is 0 Å². The maximum Gasteiger partial charge on any atom is 0.0781 e. The highest BCUT2D eigenvalue weighted by Gasteiger charge is 2.06. The lowest BCUT2D eigenvalue weighted by Crippen LogP contribution is -2.06. The van der Waals surface area contributed by atoms with E-state index >= 15 is 0 Å². The first-order valence-corrected chi connectivity index (χ1v) is 5.79.